The first-order valence-electron chi connectivity index (χ1n) is 8.85. The van der Waals surface area contributed by atoms with Crippen LogP contribution in [0, 0.1) is 17.3 Å². The van der Waals surface area contributed by atoms with Crippen LogP contribution in [-0.4, -0.2) is 37.1 Å². The molecule has 142 valence electrons. The van der Waals surface area contributed by atoms with E-state index in [1.165, 1.54) is 0 Å². The molecular formula is C20H19N5O3. The van der Waals surface area contributed by atoms with Crippen LogP contribution in [0.25, 0.3) is 22.8 Å². The number of nitrogens with zero attached hydrogens (tertiary/aromatic N) is 3. The monoisotopic (exact) mass is 377 g/mol. The lowest BCUT2D eigenvalue weighted by atomic mass is 10.1. The highest BCUT2D eigenvalue weighted by atomic mass is 16.4. The number of nitrogens with one attached hydrogen (secondary N) is 2. The molecule has 0 spiro atoms. The van der Waals surface area contributed by atoms with Crippen molar-refractivity contribution in [3.63, 3.8) is 0 Å². The first-order chi connectivity index (χ1) is 13.4. The predicted octanol–water partition coefficient (Wildman–Crippen LogP) is 2.83. The fourth-order valence-electron chi connectivity index (χ4n) is 3.54. The number of pyridine rings is 1. The number of benzene rings is 1. The van der Waals surface area contributed by atoms with Gasteiger partial charge in [0, 0.05) is 29.2 Å². The third kappa shape index (κ3) is 3.13. The Morgan fingerprint density at radius 1 is 1.04 bits per heavy atom. The molecule has 4 rings (SSSR count). The number of rotatable bonds is 5. The smallest absolute Gasteiger partial charge is 0.307 e. The summed E-state index contributed by atoms with van der Waals surface area (Å²) >= 11 is 0. The minimum Gasteiger partial charge on any atom is -0.481 e. The minimum absolute atomic E-state index is 0.275. The molecule has 0 saturated heterocycles. The van der Waals surface area contributed by atoms with E-state index in [4.69, 9.17) is 0 Å². The van der Waals surface area contributed by atoms with Gasteiger partial charge in [-0.1, -0.05) is 13.8 Å². The predicted molar refractivity (Wildman–Crippen MR) is 102 cm³/mol. The highest BCUT2D eigenvalue weighted by molar-refractivity contribution is 5.99. The van der Waals surface area contributed by atoms with E-state index in [0.717, 1.165) is 11.1 Å². The standard InChI is InChI=1S/C20H19N5O3/c1-20(2)14(15(20)19(27)28)18(26)22-13-5-3-11(4-6-13)16-23-17(25-24-16)12-7-9-21-10-8-12/h3-10,14-15H,1-2H3,(H,22,26)(H,27,28)(H,23,24,25)/t14-,15-/m0/s1. The van der Waals surface area contributed by atoms with Crippen molar-refractivity contribution in [2.75, 3.05) is 5.32 Å². The molecule has 1 amide bonds. The summed E-state index contributed by atoms with van der Waals surface area (Å²) < 4.78 is 0. The Hall–Kier alpha value is -3.55. The number of carbonyl (C=O) groups is 2. The second-order valence-corrected chi connectivity index (χ2v) is 7.43. The topological polar surface area (TPSA) is 121 Å². The first-order valence-corrected chi connectivity index (χ1v) is 8.85. The third-order valence-electron chi connectivity index (χ3n) is 5.23. The summed E-state index contributed by atoms with van der Waals surface area (Å²) in [6.07, 6.45) is 3.37. The van der Waals surface area contributed by atoms with Gasteiger partial charge in [0.15, 0.2) is 11.6 Å². The SMILES string of the molecule is CC1(C)[C@H](C(=O)O)[C@H]1C(=O)Nc1ccc(-c2n[nH]c(-c3ccncc3)n2)cc1. The van der Waals surface area contributed by atoms with Crippen molar-refractivity contribution >= 4 is 17.6 Å². The molecule has 1 aliphatic rings. The van der Waals surface area contributed by atoms with Gasteiger partial charge in [0.2, 0.25) is 5.91 Å². The molecule has 2 aromatic heterocycles. The van der Waals surface area contributed by atoms with E-state index in [1.54, 1.807) is 38.4 Å². The average Bonchev–Trinajstić information content (AvgIpc) is 3.03. The fraction of sp³-hybridized carbons (Fsp3) is 0.250. The average molecular weight is 377 g/mol. The molecule has 1 fully saturated rings. The number of aromatic amines is 1. The van der Waals surface area contributed by atoms with Crippen molar-refractivity contribution < 1.29 is 14.7 Å². The molecule has 0 radical (unpaired) electrons. The molecule has 3 N–H and O–H groups in total. The summed E-state index contributed by atoms with van der Waals surface area (Å²) in [6.45, 7) is 3.59. The second-order valence-electron chi connectivity index (χ2n) is 7.43. The van der Waals surface area contributed by atoms with E-state index in [2.05, 4.69) is 25.5 Å². The maximum atomic E-state index is 12.4. The molecule has 0 aliphatic heterocycles. The van der Waals surface area contributed by atoms with Gasteiger partial charge in [0.25, 0.3) is 0 Å². The van der Waals surface area contributed by atoms with Crippen molar-refractivity contribution in [1.29, 1.82) is 0 Å². The van der Waals surface area contributed by atoms with Crippen molar-refractivity contribution in [1.82, 2.24) is 20.2 Å². The molecule has 2 atom stereocenters. The lowest BCUT2D eigenvalue weighted by Crippen LogP contribution is -2.17. The Morgan fingerprint density at radius 2 is 1.71 bits per heavy atom. The van der Waals surface area contributed by atoms with Crippen LogP contribution in [-0.2, 0) is 9.59 Å². The van der Waals surface area contributed by atoms with Gasteiger partial charge in [-0.2, -0.15) is 5.10 Å². The zero-order valence-electron chi connectivity index (χ0n) is 15.4. The summed E-state index contributed by atoms with van der Waals surface area (Å²) in [4.78, 5) is 32.1. The number of carboxylic acid groups (broad SMARTS) is 1. The summed E-state index contributed by atoms with van der Waals surface area (Å²) in [7, 11) is 0. The van der Waals surface area contributed by atoms with Crippen molar-refractivity contribution in [3.8, 4) is 22.8 Å². The Labute approximate surface area is 161 Å². The van der Waals surface area contributed by atoms with Gasteiger partial charge in [-0.05, 0) is 41.8 Å². The summed E-state index contributed by atoms with van der Waals surface area (Å²) in [5, 5.41) is 19.1. The van der Waals surface area contributed by atoms with Crippen LogP contribution in [0.2, 0.25) is 0 Å². The summed E-state index contributed by atoms with van der Waals surface area (Å²) in [5.74, 6) is -1.20. The maximum Gasteiger partial charge on any atom is 0.307 e. The number of carbonyl (C=O) groups excluding carboxylic acids is 1. The molecule has 2 heterocycles. The Kier molecular flexibility index (Phi) is 4.18. The Balaban J connectivity index is 1.46. The van der Waals surface area contributed by atoms with Gasteiger partial charge in [-0.3, -0.25) is 19.7 Å². The maximum absolute atomic E-state index is 12.4. The van der Waals surface area contributed by atoms with Crippen LogP contribution in [0.5, 0.6) is 0 Å². The number of aliphatic carboxylic acids is 1. The molecule has 1 aliphatic carbocycles. The highest BCUT2D eigenvalue weighted by Crippen LogP contribution is 2.58. The molecule has 1 saturated carbocycles. The fourth-order valence-corrected chi connectivity index (χ4v) is 3.54. The van der Waals surface area contributed by atoms with E-state index in [1.807, 2.05) is 24.3 Å². The molecule has 0 unspecified atom stereocenters. The molecule has 0 bridgehead atoms. The van der Waals surface area contributed by atoms with Crippen LogP contribution in [0.15, 0.2) is 48.8 Å². The van der Waals surface area contributed by atoms with Crippen LogP contribution in [0.3, 0.4) is 0 Å². The van der Waals surface area contributed by atoms with Crippen molar-refractivity contribution in [2.45, 2.75) is 13.8 Å². The second kappa shape index (κ2) is 6.56. The number of carboxylic acids is 1. The van der Waals surface area contributed by atoms with E-state index in [-0.39, 0.29) is 5.91 Å². The van der Waals surface area contributed by atoms with Gasteiger partial charge >= 0.3 is 5.97 Å². The van der Waals surface area contributed by atoms with Gasteiger partial charge in [0.1, 0.15) is 0 Å². The Bertz CT molecular complexity index is 1030. The zero-order chi connectivity index (χ0) is 19.9. The van der Waals surface area contributed by atoms with Crippen LogP contribution in [0.4, 0.5) is 5.69 Å². The molecule has 1 aromatic carbocycles. The number of aromatic nitrogens is 4. The normalized spacial score (nSPS) is 19.8. The molecule has 3 aromatic rings. The number of anilines is 1. The molecule has 8 nitrogen and oxygen atoms in total. The number of amides is 1. The summed E-state index contributed by atoms with van der Waals surface area (Å²) in [6, 6.07) is 10.8. The van der Waals surface area contributed by atoms with Crippen LogP contribution < -0.4 is 5.32 Å². The molecule has 8 heteroatoms. The van der Waals surface area contributed by atoms with Crippen molar-refractivity contribution in [2.24, 2.45) is 17.3 Å². The third-order valence-corrected chi connectivity index (χ3v) is 5.23. The van der Waals surface area contributed by atoms with E-state index < -0.39 is 23.2 Å². The molecular weight excluding hydrogens is 358 g/mol. The number of hydrogen-bond donors (Lipinski definition) is 3. The van der Waals surface area contributed by atoms with Gasteiger partial charge < -0.3 is 10.4 Å². The highest BCUT2D eigenvalue weighted by Gasteiger charge is 2.65. The minimum atomic E-state index is -0.935. The van der Waals surface area contributed by atoms with Gasteiger partial charge in [-0.15, -0.1) is 0 Å². The number of hydrogen-bond acceptors (Lipinski definition) is 5. The summed E-state index contributed by atoms with van der Waals surface area (Å²) in [5.41, 5.74) is 1.76. The van der Waals surface area contributed by atoms with E-state index in [9.17, 15) is 14.7 Å². The van der Waals surface area contributed by atoms with E-state index in [0.29, 0.717) is 17.3 Å². The largest absolute Gasteiger partial charge is 0.481 e. The zero-order valence-corrected chi connectivity index (χ0v) is 15.4. The van der Waals surface area contributed by atoms with Crippen LogP contribution >= 0.6 is 0 Å². The number of H-pyrrole nitrogens is 1. The lowest BCUT2D eigenvalue weighted by molar-refractivity contribution is -0.140. The molecule has 28 heavy (non-hydrogen) atoms. The van der Waals surface area contributed by atoms with E-state index >= 15 is 0 Å². The Morgan fingerprint density at radius 3 is 2.32 bits per heavy atom. The quantitative estimate of drug-likeness (QED) is 0.629. The first kappa shape index (κ1) is 17.8. The van der Waals surface area contributed by atoms with Crippen LogP contribution in [0.1, 0.15) is 13.8 Å². The lowest BCUT2D eigenvalue weighted by Gasteiger charge is -2.06. The van der Waals surface area contributed by atoms with Gasteiger partial charge in [0.05, 0.1) is 11.8 Å². The van der Waals surface area contributed by atoms with Crippen molar-refractivity contribution in [3.05, 3.63) is 48.8 Å². The van der Waals surface area contributed by atoms with Gasteiger partial charge in [-0.25, -0.2) is 4.98 Å².